The summed E-state index contributed by atoms with van der Waals surface area (Å²) in [7, 11) is 1.55. The molecule has 38 heavy (non-hydrogen) atoms. The number of ether oxygens (including phenoxy) is 1. The fraction of sp³-hybridized carbons (Fsp3) is 0.154. The van der Waals surface area contributed by atoms with Gasteiger partial charge in [-0.3, -0.25) is 14.2 Å². The molecule has 1 aliphatic heterocycles. The van der Waals surface area contributed by atoms with Crippen molar-refractivity contribution in [3.63, 3.8) is 0 Å². The lowest BCUT2D eigenvalue weighted by atomic mass is 10.0. The minimum absolute atomic E-state index is 0.126. The Bertz CT molecular complexity index is 1730. The first-order valence-electron chi connectivity index (χ1n) is 11.4. The number of nitrogens with two attached hydrogens (primary N) is 1. The van der Waals surface area contributed by atoms with Gasteiger partial charge in [0.25, 0.3) is 5.91 Å². The summed E-state index contributed by atoms with van der Waals surface area (Å²) < 4.78 is 61.0. The highest BCUT2D eigenvalue weighted by Crippen LogP contribution is 2.39. The Hall–Kier alpha value is -4.74. The number of hydrogen-bond acceptors (Lipinski definition) is 6. The Morgan fingerprint density at radius 2 is 1.95 bits per heavy atom. The number of fused-ring (bicyclic) bond motifs is 4. The number of carbonyl (C=O) groups is 1. The van der Waals surface area contributed by atoms with Crippen molar-refractivity contribution in [3.8, 4) is 17.0 Å². The summed E-state index contributed by atoms with van der Waals surface area (Å²) in [5, 5.41) is 0. The lowest BCUT2D eigenvalue weighted by Gasteiger charge is -2.24. The molecule has 2 aromatic carbocycles. The maximum Gasteiger partial charge on any atom is 0.417 e. The zero-order valence-corrected chi connectivity index (χ0v) is 19.7. The number of imidazole rings is 1. The Labute approximate surface area is 212 Å². The number of benzene rings is 2. The number of pyridine rings is 1. The quantitative estimate of drug-likeness (QED) is 0.339. The summed E-state index contributed by atoms with van der Waals surface area (Å²) in [4.78, 5) is 27.0. The van der Waals surface area contributed by atoms with Crippen molar-refractivity contribution in [1.29, 1.82) is 0 Å². The highest BCUT2D eigenvalue weighted by molar-refractivity contribution is 5.98. The Morgan fingerprint density at radius 1 is 1.13 bits per heavy atom. The molecule has 6 rings (SSSR count). The molecule has 4 heterocycles. The topological polar surface area (TPSA) is 98.6 Å². The van der Waals surface area contributed by atoms with Crippen LogP contribution in [0.4, 0.5) is 23.4 Å². The van der Waals surface area contributed by atoms with Crippen molar-refractivity contribution in [2.24, 2.45) is 0 Å². The van der Waals surface area contributed by atoms with Gasteiger partial charge in [-0.25, -0.2) is 14.4 Å². The predicted octanol–water partition coefficient (Wildman–Crippen LogP) is 4.89. The van der Waals surface area contributed by atoms with Crippen LogP contribution in [-0.4, -0.2) is 43.8 Å². The number of alkyl halides is 3. The van der Waals surface area contributed by atoms with Gasteiger partial charge in [0.15, 0.2) is 0 Å². The second-order valence-electron chi connectivity index (χ2n) is 8.89. The van der Waals surface area contributed by atoms with Crippen LogP contribution in [0.1, 0.15) is 27.5 Å². The standard InChI is InChI=1S/C26H18F4N6O2/c1-35(25(37)16-7-20-19(8-17(16)27)34-24(31)21-10-32-12-36(20)21)22-11-38-23-6-13(2-4-15(22)23)18-5-3-14(9-33-18)26(28,29)30/h2-10,12,22H,11H2,1H3,(H2,31,34)/t22-/m1/s1. The first-order chi connectivity index (χ1) is 18.1. The highest BCUT2D eigenvalue weighted by atomic mass is 19.4. The van der Waals surface area contributed by atoms with Gasteiger partial charge >= 0.3 is 6.18 Å². The van der Waals surface area contributed by atoms with Crippen LogP contribution in [0.25, 0.3) is 27.8 Å². The number of carbonyl (C=O) groups excluding carboxylic acids is 1. The molecule has 0 spiro atoms. The largest absolute Gasteiger partial charge is 0.491 e. The van der Waals surface area contributed by atoms with Crippen molar-refractivity contribution in [3.05, 3.63) is 83.7 Å². The molecular weight excluding hydrogens is 504 g/mol. The third kappa shape index (κ3) is 3.76. The van der Waals surface area contributed by atoms with E-state index in [1.54, 1.807) is 29.6 Å². The summed E-state index contributed by atoms with van der Waals surface area (Å²) in [5.74, 6) is -0.656. The van der Waals surface area contributed by atoms with Crippen LogP contribution in [0.5, 0.6) is 5.75 Å². The van der Waals surface area contributed by atoms with Crippen LogP contribution in [0, 0.1) is 5.82 Å². The smallest absolute Gasteiger partial charge is 0.417 e. The number of nitrogens with zero attached hydrogens (tertiary/aromatic N) is 5. The second kappa shape index (κ2) is 8.40. The van der Waals surface area contributed by atoms with E-state index in [2.05, 4.69) is 15.0 Å². The van der Waals surface area contributed by atoms with Crippen LogP contribution < -0.4 is 10.5 Å². The second-order valence-corrected chi connectivity index (χ2v) is 8.89. The van der Waals surface area contributed by atoms with E-state index in [4.69, 9.17) is 10.5 Å². The SMILES string of the molecule is CN(C(=O)c1cc2c(cc1F)nc(N)c1cncn12)[C@@H]1COc2cc(-c3ccc(C(F)(F)F)cn3)ccc21. The fourth-order valence-corrected chi connectivity index (χ4v) is 4.60. The minimum Gasteiger partial charge on any atom is -0.491 e. The fourth-order valence-electron chi connectivity index (χ4n) is 4.60. The van der Waals surface area contributed by atoms with E-state index in [9.17, 15) is 18.0 Å². The molecule has 8 nitrogen and oxygen atoms in total. The van der Waals surface area contributed by atoms with E-state index in [-0.39, 0.29) is 23.5 Å². The number of halogens is 4. The molecule has 0 unspecified atom stereocenters. The van der Waals surface area contributed by atoms with Crippen LogP contribution in [-0.2, 0) is 6.18 Å². The number of amides is 1. The maximum absolute atomic E-state index is 15.1. The molecule has 0 radical (unpaired) electrons. The molecule has 0 bridgehead atoms. The van der Waals surface area contributed by atoms with E-state index in [1.807, 2.05) is 0 Å². The van der Waals surface area contributed by atoms with E-state index >= 15 is 4.39 Å². The normalized spacial score (nSPS) is 15.0. The monoisotopic (exact) mass is 522 g/mol. The summed E-state index contributed by atoms with van der Waals surface area (Å²) in [5.41, 5.74) is 7.81. The first kappa shape index (κ1) is 23.6. The number of hydrogen-bond donors (Lipinski definition) is 1. The molecule has 5 aromatic rings. The van der Waals surface area contributed by atoms with E-state index in [0.717, 1.165) is 18.3 Å². The molecule has 0 saturated carbocycles. The Morgan fingerprint density at radius 3 is 2.68 bits per heavy atom. The molecule has 12 heteroatoms. The lowest BCUT2D eigenvalue weighted by molar-refractivity contribution is -0.137. The third-order valence-electron chi connectivity index (χ3n) is 6.64. The average Bonchev–Trinajstić information content (AvgIpc) is 3.55. The Kier molecular flexibility index (Phi) is 5.23. The van der Waals surface area contributed by atoms with Crippen LogP contribution in [0.3, 0.4) is 0 Å². The van der Waals surface area contributed by atoms with Gasteiger partial charge in [0.05, 0.1) is 46.4 Å². The van der Waals surface area contributed by atoms with Crippen molar-refractivity contribution < 1.29 is 27.1 Å². The predicted molar refractivity (Wildman–Crippen MR) is 130 cm³/mol. The van der Waals surface area contributed by atoms with Gasteiger partial charge in [-0.15, -0.1) is 0 Å². The zero-order valence-electron chi connectivity index (χ0n) is 19.7. The molecule has 192 valence electrons. The van der Waals surface area contributed by atoms with Crippen molar-refractivity contribution in [2.75, 3.05) is 19.4 Å². The molecule has 1 amide bonds. The van der Waals surface area contributed by atoms with Crippen molar-refractivity contribution >= 4 is 28.3 Å². The summed E-state index contributed by atoms with van der Waals surface area (Å²) >= 11 is 0. The maximum atomic E-state index is 15.1. The average molecular weight is 522 g/mol. The number of anilines is 1. The van der Waals surface area contributed by atoms with Crippen LogP contribution in [0.2, 0.25) is 0 Å². The van der Waals surface area contributed by atoms with Crippen molar-refractivity contribution in [1.82, 2.24) is 24.3 Å². The van der Waals surface area contributed by atoms with Crippen LogP contribution in [0.15, 0.2) is 61.2 Å². The molecule has 0 aliphatic carbocycles. The number of aromatic nitrogens is 4. The van der Waals surface area contributed by atoms with Gasteiger partial charge in [0, 0.05) is 30.4 Å². The van der Waals surface area contributed by atoms with Gasteiger partial charge in [-0.2, -0.15) is 13.2 Å². The van der Waals surface area contributed by atoms with Gasteiger partial charge in [-0.05, 0) is 24.3 Å². The van der Waals surface area contributed by atoms with Crippen LogP contribution >= 0.6 is 0 Å². The van der Waals surface area contributed by atoms with E-state index in [1.165, 1.54) is 29.6 Å². The lowest BCUT2D eigenvalue weighted by Crippen LogP contribution is -2.32. The molecule has 0 saturated heterocycles. The summed E-state index contributed by atoms with van der Waals surface area (Å²) in [6.45, 7) is 0.126. The van der Waals surface area contributed by atoms with Gasteiger partial charge < -0.3 is 15.4 Å². The minimum atomic E-state index is -4.48. The molecule has 3 aromatic heterocycles. The van der Waals surface area contributed by atoms with Crippen molar-refractivity contribution in [2.45, 2.75) is 12.2 Å². The van der Waals surface area contributed by atoms with E-state index in [0.29, 0.717) is 33.6 Å². The van der Waals surface area contributed by atoms with Gasteiger partial charge in [-0.1, -0.05) is 12.1 Å². The summed E-state index contributed by atoms with van der Waals surface area (Å²) in [6.07, 6.45) is -0.663. The number of likely N-dealkylation sites (N-methyl/N-ethyl adjacent to an activating group) is 1. The van der Waals surface area contributed by atoms with Gasteiger partial charge in [0.1, 0.15) is 29.5 Å². The Balaban J connectivity index is 1.30. The zero-order chi connectivity index (χ0) is 26.8. The first-order valence-corrected chi connectivity index (χ1v) is 11.4. The number of rotatable bonds is 3. The molecule has 1 atom stereocenters. The van der Waals surface area contributed by atoms with Gasteiger partial charge in [0.2, 0.25) is 0 Å². The molecule has 1 aliphatic rings. The number of nitrogen functional groups attached to an aromatic ring is 1. The third-order valence-corrected chi connectivity index (χ3v) is 6.64. The highest BCUT2D eigenvalue weighted by Gasteiger charge is 2.33. The molecule has 0 fully saturated rings. The summed E-state index contributed by atoms with van der Waals surface area (Å²) in [6, 6.07) is 9.39. The molecule has 2 N–H and O–H groups in total. The molecular formula is C26H18F4N6O2. The van der Waals surface area contributed by atoms with E-state index < -0.39 is 29.5 Å².